The summed E-state index contributed by atoms with van der Waals surface area (Å²) in [5.74, 6) is -0.0572. The van der Waals surface area contributed by atoms with Gasteiger partial charge in [0.1, 0.15) is 5.82 Å². The van der Waals surface area contributed by atoms with Crippen molar-refractivity contribution in [2.24, 2.45) is 0 Å². The van der Waals surface area contributed by atoms with Gasteiger partial charge in [0.05, 0.1) is 22.8 Å². The quantitative estimate of drug-likeness (QED) is 0.827. The van der Waals surface area contributed by atoms with E-state index in [-0.39, 0.29) is 21.8 Å². The molecule has 21 heavy (non-hydrogen) atoms. The van der Waals surface area contributed by atoms with Crippen LogP contribution in [0.1, 0.15) is 18.5 Å². The molecule has 1 atom stereocenters. The topological polar surface area (TPSA) is 41.5 Å². The summed E-state index contributed by atoms with van der Waals surface area (Å²) in [5.41, 5.74) is 1.32. The number of nitrogens with one attached hydrogen (secondary N) is 1. The second-order valence-corrected chi connectivity index (χ2v) is 5.36. The van der Waals surface area contributed by atoms with Crippen LogP contribution in [0, 0.1) is 5.82 Å². The maximum Gasteiger partial charge on any atom is 0.160 e. The molecule has 0 aliphatic rings. The highest BCUT2D eigenvalue weighted by Crippen LogP contribution is 2.35. The molecule has 0 saturated heterocycles. The minimum atomic E-state index is -0.491. The smallest absolute Gasteiger partial charge is 0.160 e. The number of hydrogen-bond donors (Lipinski definition) is 2. The summed E-state index contributed by atoms with van der Waals surface area (Å²) in [5, 5.41) is 13.1. The Balaban J connectivity index is 2.28. The summed E-state index contributed by atoms with van der Waals surface area (Å²) in [6.45, 7) is 1.89. The average Bonchev–Trinajstić information content (AvgIpc) is 2.43. The summed E-state index contributed by atoms with van der Waals surface area (Å²) in [6.07, 6.45) is 0. The number of halogens is 3. The Hall–Kier alpha value is -1.65. The molecule has 0 fully saturated rings. The standard InChI is InChI=1S/C15H14Cl2FNO2/c1-8(9-3-4-13(20)14(5-9)21-2)19-15-11(16)6-10(18)7-12(15)17/h3-8,19-20H,1-2H3. The minimum absolute atomic E-state index is 0.0614. The van der Waals surface area contributed by atoms with Crippen LogP contribution in [0.2, 0.25) is 10.0 Å². The molecule has 2 aromatic carbocycles. The Morgan fingerprint density at radius 3 is 2.38 bits per heavy atom. The van der Waals surface area contributed by atoms with E-state index >= 15 is 0 Å². The fourth-order valence-electron chi connectivity index (χ4n) is 1.94. The zero-order valence-corrected chi connectivity index (χ0v) is 13.0. The van der Waals surface area contributed by atoms with E-state index in [9.17, 15) is 9.50 Å². The summed E-state index contributed by atoms with van der Waals surface area (Å²) in [6, 6.07) is 7.22. The summed E-state index contributed by atoms with van der Waals surface area (Å²) < 4.78 is 18.2. The zero-order chi connectivity index (χ0) is 15.6. The fraction of sp³-hybridized carbons (Fsp3) is 0.200. The van der Waals surface area contributed by atoms with Crippen LogP contribution in [-0.2, 0) is 0 Å². The number of aromatic hydroxyl groups is 1. The SMILES string of the molecule is COc1cc(C(C)Nc2c(Cl)cc(F)cc2Cl)ccc1O. The van der Waals surface area contributed by atoms with Crippen molar-refractivity contribution in [1.29, 1.82) is 0 Å². The normalized spacial score (nSPS) is 12.0. The van der Waals surface area contributed by atoms with Crippen molar-refractivity contribution in [2.75, 3.05) is 12.4 Å². The molecule has 0 heterocycles. The van der Waals surface area contributed by atoms with Gasteiger partial charge < -0.3 is 15.2 Å². The molecule has 2 N–H and O–H groups in total. The van der Waals surface area contributed by atoms with E-state index in [1.165, 1.54) is 19.2 Å². The Morgan fingerprint density at radius 1 is 1.19 bits per heavy atom. The zero-order valence-electron chi connectivity index (χ0n) is 11.5. The molecule has 112 valence electrons. The van der Waals surface area contributed by atoms with Gasteiger partial charge in [0, 0.05) is 6.04 Å². The largest absolute Gasteiger partial charge is 0.504 e. The van der Waals surface area contributed by atoms with Crippen LogP contribution in [-0.4, -0.2) is 12.2 Å². The van der Waals surface area contributed by atoms with Crippen molar-refractivity contribution >= 4 is 28.9 Å². The molecule has 0 saturated carbocycles. The number of methoxy groups -OCH3 is 1. The van der Waals surface area contributed by atoms with E-state index < -0.39 is 5.82 Å². The lowest BCUT2D eigenvalue weighted by atomic mass is 10.1. The van der Waals surface area contributed by atoms with Crippen LogP contribution in [0.4, 0.5) is 10.1 Å². The van der Waals surface area contributed by atoms with Gasteiger partial charge in [-0.3, -0.25) is 0 Å². The fourth-order valence-corrected chi connectivity index (χ4v) is 2.51. The molecule has 0 amide bonds. The molecule has 0 aliphatic carbocycles. The van der Waals surface area contributed by atoms with Gasteiger partial charge in [0.2, 0.25) is 0 Å². The third-order valence-corrected chi connectivity index (χ3v) is 3.67. The number of rotatable bonds is 4. The number of phenols is 1. The van der Waals surface area contributed by atoms with Crippen molar-refractivity contribution in [2.45, 2.75) is 13.0 Å². The van der Waals surface area contributed by atoms with Crippen molar-refractivity contribution in [1.82, 2.24) is 0 Å². The maximum absolute atomic E-state index is 13.2. The summed E-state index contributed by atoms with van der Waals surface area (Å²) in [7, 11) is 1.48. The summed E-state index contributed by atoms with van der Waals surface area (Å²) >= 11 is 12.0. The maximum atomic E-state index is 13.2. The molecule has 0 bridgehead atoms. The van der Waals surface area contributed by atoms with E-state index in [1.54, 1.807) is 18.2 Å². The summed E-state index contributed by atoms with van der Waals surface area (Å²) in [4.78, 5) is 0. The first-order valence-electron chi connectivity index (χ1n) is 6.20. The van der Waals surface area contributed by atoms with Crippen LogP contribution in [0.25, 0.3) is 0 Å². The predicted octanol–water partition coefficient (Wildman–Crippen LogP) is 5.02. The highest BCUT2D eigenvalue weighted by atomic mass is 35.5. The Morgan fingerprint density at radius 2 is 1.81 bits per heavy atom. The molecule has 1 unspecified atom stereocenters. The Labute approximate surface area is 132 Å². The van der Waals surface area contributed by atoms with E-state index in [2.05, 4.69) is 5.32 Å². The van der Waals surface area contributed by atoms with E-state index in [0.29, 0.717) is 11.4 Å². The first-order chi connectivity index (χ1) is 9.92. The lowest BCUT2D eigenvalue weighted by Crippen LogP contribution is -2.08. The van der Waals surface area contributed by atoms with Crippen molar-refractivity contribution in [3.63, 3.8) is 0 Å². The highest BCUT2D eigenvalue weighted by molar-refractivity contribution is 6.39. The van der Waals surface area contributed by atoms with Gasteiger partial charge in [-0.05, 0) is 36.8 Å². The molecule has 0 aliphatic heterocycles. The van der Waals surface area contributed by atoms with Crippen LogP contribution in [0.15, 0.2) is 30.3 Å². The van der Waals surface area contributed by atoms with Crippen LogP contribution >= 0.6 is 23.2 Å². The molecule has 2 rings (SSSR count). The van der Waals surface area contributed by atoms with Gasteiger partial charge in [-0.15, -0.1) is 0 Å². The van der Waals surface area contributed by atoms with Gasteiger partial charge in [0.15, 0.2) is 11.5 Å². The number of hydrogen-bond acceptors (Lipinski definition) is 3. The second-order valence-electron chi connectivity index (χ2n) is 4.54. The minimum Gasteiger partial charge on any atom is -0.504 e. The molecule has 2 aromatic rings. The van der Waals surface area contributed by atoms with Crippen LogP contribution in [0.3, 0.4) is 0 Å². The second kappa shape index (κ2) is 6.41. The Bertz CT molecular complexity index is 641. The third kappa shape index (κ3) is 3.52. The number of ether oxygens (including phenoxy) is 1. The first kappa shape index (κ1) is 15.7. The molecule has 0 spiro atoms. The highest BCUT2D eigenvalue weighted by Gasteiger charge is 2.14. The van der Waals surface area contributed by atoms with Crippen LogP contribution < -0.4 is 10.1 Å². The molecular weight excluding hydrogens is 316 g/mol. The van der Waals surface area contributed by atoms with Gasteiger partial charge >= 0.3 is 0 Å². The van der Waals surface area contributed by atoms with Crippen molar-refractivity contribution in [3.05, 3.63) is 51.8 Å². The predicted molar refractivity (Wildman–Crippen MR) is 83.1 cm³/mol. The number of phenolic OH excluding ortho intramolecular Hbond substituents is 1. The van der Waals surface area contributed by atoms with E-state index in [1.807, 2.05) is 6.92 Å². The van der Waals surface area contributed by atoms with Gasteiger partial charge in [-0.1, -0.05) is 29.3 Å². The van der Waals surface area contributed by atoms with Gasteiger partial charge in [-0.2, -0.15) is 0 Å². The monoisotopic (exact) mass is 329 g/mol. The van der Waals surface area contributed by atoms with Crippen LogP contribution in [0.5, 0.6) is 11.5 Å². The molecular formula is C15H14Cl2FNO2. The lowest BCUT2D eigenvalue weighted by molar-refractivity contribution is 0.373. The van der Waals surface area contributed by atoms with Crippen molar-refractivity contribution < 1.29 is 14.2 Å². The number of anilines is 1. The molecule has 3 nitrogen and oxygen atoms in total. The van der Waals surface area contributed by atoms with Gasteiger partial charge in [-0.25, -0.2) is 4.39 Å². The molecule has 0 radical (unpaired) electrons. The third-order valence-electron chi connectivity index (χ3n) is 3.07. The Kier molecular flexibility index (Phi) is 4.80. The lowest BCUT2D eigenvalue weighted by Gasteiger charge is -2.19. The first-order valence-corrected chi connectivity index (χ1v) is 6.96. The van der Waals surface area contributed by atoms with Crippen molar-refractivity contribution in [3.8, 4) is 11.5 Å². The molecule has 0 aromatic heterocycles. The molecule has 6 heteroatoms. The number of benzene rings is 2. The van der Waals surface area contributed by atoms with E-state index in [0.717, 1.165) is 5.56 Å². The van der Waals surface area contributed by atoms with Gasteiger partial charge in [0.25, 0.3) is 0 Å². The van der Waals surface area contributed by atoms with E-state index in [4.69, 9.17) is 27.9 Å². The average molecular weight is 330 g/mol.